The second-order valence-corrected chi connectivity index (χ2v) is 3.70. The third-order valence-electron chi connectivity index (χ3n) is 1.97. The van der Waals surface area contributed by atoms with E-state index in [4.69, 9.17) is 5.73 Å². The van der Waals surface area contributed by atoms with Crippen LogP contribution in [-0.2, 0) is 4.79 Å². The monoisotopic (exact) mass is 226 g/mol. The minimum Gasteiger partial charge on any atom is -0.345 e. The molecule has 15 heavy (non-hydrogen) atoms. The molecule has 0 radical (unpaired) electrons. The Morgan fingerprint density at radius 2 is 2.00 bits per heavy atom. The van der Waals surface area contributed by atoms with Crippen LogP contribution in [0.25, 0.3) is 0 Å². The van der Waals surface area contributed by atoms with E-state index in [1.54, 1.807) is 6.92 Å². The van der Waals surface area contributed by atoms with Crippen LogP contribution < -0.4 is 5.73 Å². The average molecular weight is 226 g/mol. The number of nitrogens with zero attached hydrogens (tertiary/aromatic N) is 1. The van der Waals surface area contributed by atoms with E-state index in [2.05, 4.69) is 0 Å². The second kappa shape index (κ2) is 5.95. The van der Waals surface area contributed by atoms with Crippen LogP contribution >= 0.6 is 0 Å². The van der Waals surface area contributed by atoms with Gasteiger partial charge in [-0.15, -0.1) is 0 Å². The van der Waals surface area contributed by atoms with Crippen LogP contribution in [0.4, 0.5) is 13.2 Å². The smallest absolute Gasteiger partial charge is 0.345 e. The zero-order valence-electron chi connectivity index (χ0n) is 8.97. The van der Waals surface area contributed by atoms with Gasteiger partial charge in [-0.2, -0.15) is 13.2 Å². The lowest BCUT2D eigenvalue weighted by Crippen LogP contribution is -2.31. The predicted octanol–water partition coefficient (Wildman–Crippen LogP) is 1.52. The lowest BCUT2D eigenvalue weighted by atomic mass is 10.2. The fourth-order valence-electron chi connectivity index (χ4n) is 0.961. The number of hydrogen-bond acceptors (Lipinski definition) is 2. The van der Waals surface area contributed by atoms with Crippen molar-refractivity contribution in [3.05, 3.63) is 0 Å². The van der Waals surface area contributed by atoms with Crippen molar-refractivity contribution in [3.8, 4) is 0 Å². The van der Waals surface area contributed by atoms with E-state index in [1.807, 2.05) is 0 Å². The summed E-state index contributed by atoms with van der Waals surface area (Å²) in [5.41, 5.74) is 5.43. The third kappa shape index (κ3) is 8.23. The molecule has 6 heteroatoms. The highest BCUT2D eigenvalue weighted by Gasteiger charge is 2.27. The molecule has 0 aromatic heterocycles. The van der Waals surface area contributed by atoms with Gasteiger partial charge in [0.25, 0.3) is 0 Å². The summed E-state index contributed by atoms with van der Waals surface area (Å²) < 4.78 is 35.5. The molecule has 1 amide bonds. The zero-order valence-corrected chi connectivity index (χ0v) is 8.97. The maximum Gasteiger partial charge on any atom is 0.390 e. The minimum atomic E-state index is -4.21. The van der Waals surface area contributed by atoms with Gasteiger partial charge >= 0.3 is 6.18 Å². The highest BCUT2D eigenvalue weighted by atomic mass is 19.4. The minimum absolute atomic E-state index is 0.107. The van der Waals surface area contributed by atoms with E-state index in [0.29, 0.717) is 6.42 Å². The van der Waals surface area contributed by atoms with Crippen molar-refractivity contribution in [3.63, 3.8) is 0 Å². The van der Waals surface area contributed by atoms with Crippen molar-refractivity contribution < 1.29 is 18.0 Å². The molecule has 0 heterocycles. The second-order valence-electron chi connectivity index (χ2n) is 3.70. The first-order valence-electron chi connectivity index (χ1n) is 4.78. The lowest BCUT2D eigenvalue weighted by Gasteiger charge is -2.18. The Hall–Kier alpha value is -0.780. The molecule has 0 aliphatic rings. The van der Waals surface area contributed by atoms with E-state index in [1.165, 1.54) is 7.05 Å². The van der Waals surface area contributed by atoms with Gasteiger partial charge in [-0.3, -0.25) is 4.79 Å². The van der Waals surface area contributed by atoms with Gasteiger partial charge in [-0.25, -0.2) is 0 Å². The molecule has 0 aromatic carbocycles. The highest BCUT2D eigenvalue weighted by Crippen LogP contribution is 2.19. The molecule has 1 unspecified atom stereocenters. The molecule has 0 saturated heterocycles. The molecule has 0 rings (SSSR count). The van der Waals surface area contributed by atoms with E-state index < -0.39 is 12.6 Å². The van der Waals surface area contributed by atoms with Crippen LogP contribution in [0.2, 0.25) is 0 Å². The molecule has 0 saturated carbocycles. The number of hydrogen-bond donors (Lipinski definition) is 1. The van der Waals surface area contributed by atoms with Crippen molar-refractivity contribution in [2.45, 2.75) is 38.4 Å². The van der Waals surface area contributed by atoms with Gasteiger partial charge in [-0.05, 0) is 13.3 Å². The Bertz CT molecular complexity index is 204. The zero-order chi connectivity index (χ0) is 12.1. The average Bonchev–Trinajstić information content (AvgIpc) is 2.08. The van der Waals surface area contributed by atoms with Gasteiger partial charge in [-0.1, -0.05) is 0 Å². The first-order valence-corrected chi connectivity index (χ1v) is 4.78. The molecule has 0 aliphatic heterocycles. The number of alkyl halides is 3. The van der Waals surface area contributed by atoms with Crippen molar-refractivity contribution in [1.82, 2.24) is 4.90 Å². The summed E-state index contributed by atoms with van der Waals surface area (Å²) in [4.78, 5) is 12.4. The molecule has 0 aromatic rings. The number of halogens is 3. The van der Waals surface area contributed by atoms with Gasteiger partial charge in [0, 0.05) is 26.1 Å². The van der Waals surface area contributed by atoms with Crippen molar-refractivity contribution in [1.29, 1.82) is 0 Å². The van der Waals surface area contributed by atoms with Crippen LogP contribution in [-0.4, -0.2) is 36.6 Å². The molecule has 3 nitrogen and oxygen atoms in total. The quantitative estimate of drug-likeness (QED) is 0.772. The van der Waals surface area contributed by atoms with E-state index in [-0.39, 0.29) is 24.9 Å². The normalized spacial score (nSPS) is 13.7. The summed E-state index contributed by atoms with van der Waals surface area (Å²) in [6.07, 6.45) is -4.48. The Morgan fingerprint density at radius 1 is 1.47 bits per heavy atom. The highest BCUT2D eigenvalue weighted by molar-refractivity contribution is 5.75. The van der Waals surface area contributed by atoms with E-state index in [9.17, 15) is 18.0 Å². The van der Waals surface area contributed by atoms with Crippen molar-refractivity contribution in [2.24, 2.45) is 5.73 Å². The number of carbonyl (C=O) groups excluding carboxylic acids is 1. The summed E-state index contributed by atoms with van der Waals surface area (Å²) in [7, 11) is 1.37. The fraction of sp³-hybridized carbons (Fsp3) is 0.889. The predicted molar refractivity (Wildman–Crippen MR) is 51.2 cm³/mol. The van der Waals surface area contributed by atoms with Gasteiger partial charge in [0.1, 0.15) is 0 Å². The van der Waals surface area contributed by atoms with Crippen LogP contribution in [0.1, 0.15) is 26.2 Å². The SMILES string of the molecule is CC(N)CCC(=O)N(C)CCC(F)(F)F. The largest absolute Gasteiger partial charge is 0.390 e. The molecule has 0 aliphatic carbocycles. The number of rotatable bonds is 5. The maximum atomic E-state index is 11.8. The molecule has 1 atom stereocenters. The van der Waals surface area contributed by atoms with Gasteiger partial charge in [0.15, 0.2) is 0 Å². The van der Waals surface area contributed by atoms with Crippen molar-refractivity contribution >= 4 is 5.91 Å². The molecule has 2 N–H and O–H groups in total. The lowest BCUT2D eigenvalue weighted by molar-refractivity contribution is -0.144. The summed E-state index contributed by atoms with van der Waals surface area (Å²) in [5.74, 6) is -0.295. The molecular formula is C9H17F3N2O. The van der Waals surface area contributed by atoms with Gasteiger partial charge in [0.05, 0.1) is 6.42 Å². The molecule has 0 bridgehead atoms. The van der Waals surface area contributed by atoms with Crippen LogP contribution in [0.15, 0.2) is 0 Å². The van der Waals surface area contributed by atoms with Crippen LogP contribution in [0.3, 0.4) is 0 Å². The van der Waals surface area contributed by atoms with Crippen LogP contribution in [0, 0.1) is 0 Å². The third-order valence-corrected chi connectivity index (χ3v) is 1.97. The van der Waals surface area contributed by atoms with Gasteiger partial charge < -0.3 is 10.6 Å². The molecule has 0 fully saturated rings. The van der Waals surface area contributed by atoms with Gasteiger partial charge in [0.2, 0.25) is 5.91 Å². The molecule has 90 valence electrons. The Morgan fingerprint density at radius 3 is 2.40 bits per heavy atom. The Balaban J connectivity index is 3.79. The van der Waals surface area contributed by atoms with E-state index >= 15 is 0 Å². The number of amides is 1. The Labute approximate surface area is 87.4 Å². The van der Waals surface area contributed by atoms with Crippen LogP contribution in [0.5, 0.6) is 0 Å². The summed E-state index contributed by atoms with van der Waals surface area (Å²) in [6, 6.07) is -0.107. The molecular weight excluding hydrogens is 209 g/mol. The number of carbonyl (C=O) groups is 1. The standard InChI is InChI=1S/C9H17F3N2O/c1-7(13)3-4-8(15)14(2)6-5-9(10,11)12/h7H,3-6,13H2,1-2H3. The molecule has 0 spiro atoms. The summed E-state index contributed by atoms with van der Waals surface area (Å²) >= 11 is 0. The first-order chi connectivity index (χ1) is 6.72. The topological polar surface area (TPSA) is 46.3 Å². The maximum absolute atomic E-state index is 11.8. The summed E-state index contributed by atoms with van der Waals surface area (Å²) in [5, 5.41) is 0. The van der Waals surface area contributed by atoms with E-state index in [0.717, 1.165) is 4.90 Å². The van der Waals surface area contributed by atoms with Crippen molar-refractivity contribution in [2.75, 3.05) is 13.6 Å². The number of nitrogens with two attached hydrogens (primary N) is 1. The summed E-state index contributed by atoms with van der Waals surface area (Å²) in [6.45, 7) is 1.46. The fourth-order valence-corrected chi connectivity index (χ4v) is 0.961. The first kappa shape index (κ1) is 14.2. The Kier molecular flexibility index (Phi) is 5.64.